The average Bonchev–Trinajstić information content (AvgIpc) is 2.96. The third kappa shape index (κ3) is 4.12. The molecule has 4 heterocycles. The van der Waals surface area contributed by atoms with Gasteiger partial charge in [0.1, 0.15) is 0 Å². The highest BCUT2D eigenvalue weighted by molar-refractivity contribution is 5.81. The Kier molecular flexibility index (Phi) is 6.38. The first-order valence-electron chi connectivity index (χ1n) is 11.9. The van der Waals surface area contributed by atoms with E-state index in [1.54, 1.807) is 0 Å². The molecule has 4 saturated heterocycles. The number of hydrogen-bond donors (Lipinski definition) is 1. The van der Waals surface area contributed by atoms with Crippen molar-refractivity contribution in [2.24, 2.45) is 23.7 Å². The lowest BCUT2D eigenvalue weighted by atomic mass is 9.58. The normalized spacial score (nSPS) is 44.7. The number of fused-ring (bicyclic) bond motifs is 2. The molecule has 5 rings (SSSR count). The van der Waals surface area contributed by atoms with Crippen LogP contribution in [0.1, 0.15) is 79.6 Å². The topological polar surface area (TPSA) is 92.3 Å². The van der Waals surface area contributed by atoms with Gasteiger partial charge in [0, 0.05) is 30.7 Å². The molecule has 0 aromatic heterocycles. The lowest BCUT2D eigenvalue weighted by Crippen LogP contribution is -2.70. The van der Waals surface area contributed by atoms with Crippen molar-refractivity contribution < 1.29 is 33.6 Å². The minimum Gasteiger partial charge on any atom is -0.435 e. The Balaban J connectivity index is 1.44. The maximum atomic E-state index is 12.5. The summed E-state index contributed by atoms with van der Waals surface area (Å²) in [5.74, 6) is -0.666. The van der Waals surface area contributed by atoms with Crippen molar-refractivity contribution in [3.63, 3.8) is 0 Å². The summed E-state index contributed by atoms with van der Waals surface area (Å²) in [4.78, 5) is 36.4. The molecule has 8 heteroatoms. The summed E-state index contributed by atoms with van der Waals surface area (Å²) in [7, 11) is 0. The van der Waals surface area contributed by atoms with Gasteiger partial charge in [0.25, 0.3) is 0 Å². The van der Waals surface area contributed by atoms with Crippen LogP contribution in [0.3, 0.4) is 0 Å². The van der Waals surface area contributed by atoms with E-state index in [4.69, 9.17) is 24.0 Å². The first kappa shape index (κ1) is 23.0. The zero-order valence-electron chi connectivity index (χ0n) is 19.3. The zero-order chi connectivity index (χ0) is 22.4. The second kappa shape index (κ2) is 8.61. The molecule has 1 spiro atoms. The predicted octanol–water partition coefficient (Wildman–Crippen LogP) is 3.43. The smallest absolute Gasteiger partial charge is 0.308 e. The van der Waals surface area contributed by atoms with Crippen molar-refractivity contribution >= 4 is 11.9 Å². The van der Waals surface area contributed by atoms with Crippen LogP contribution >= 0.6 is 0 Å². The van der Waals surface area contributed by atoms with E-state index in [0.29, 0.717) is 5.92 Å². The molecule has 0 unspecified atom stereocenters. The van der Waals surface area contributed by atoms with Crippen LogP contribution in [0.5, 0.6) is 0 Å². The van der Waals surface area contributed by atoms with Crippen molar-refractivity contribution in [3.05, 3.63) is 0 Å². The number of esters is 1. The van der Waals surface area contributed by atoms with E-state index in [0.717, 1.165) is 32.1 Å². The van der Waals surface area contributed by atoms with Crippen LogP contribution in [0.15, 0.2) is 0 Å². The molecule has 1 aliphatic carbocycles. The molecule has 0 aromatic rings. The molecule has 9 atom stereocenters. The molecule has 176 valence electrons. The van der Waals surface area contributed by atoms with Crippen molar-refractivity contribution in [1.82, 2.24) is 5.32 Å². The van der Waals surface area contributed by atoms with Crippen LogP contribution in [0.25, 0.3) is 0 Å². The van der Waals surface area contributed by atoms with Crippen LogP contribution < -0.4 is 5.32 Å². The molecule has 1 amide bonds. The molecule has 0 radical (unpaired) electrons. The first-order chi connectivity index (χ1) is 14.7. The van der Waals surface area contributed by atoms with E-state index in [2.05, 4.69) is 12.2 Å². The first-order valence-corrected chi connectivity index (χ1v) is 11.9. The number of ether oxygens (including phenoxy) is 3. The third-order valence-corrected chi connectivity index (χ3v) is 7.92. The number of carbonyl (C=O) groups is 2. The van der Waals surface area contributed by atoms with E-state index >= 15 is 0 Å². The van der Waals surface area contributed by atoms with Gasteiger partial charge in [-0.05, 0) is 51.4 Å². The molecule has 1 saturated carbocycles. The van der Waals surface area contributed by atoms with Gasteiger partial charge in [-0.2, -0.15) is 0 Å². The number of carbonyl (C=O) groups excluding carboxylic acids is 2. The SMILES string of the molecule is CC[C@H](C)NC(=O)CCC(=O)O[C@H]1O[C@H]2O[C@@]3(C)CC[C@H]4[C@H](C)CC[C@H]([C@@H]1C)[C@]24OO3. The number of nitrogens with one attached hydrogen (secondary N) is 1. The summed E-state index contributed by atoms with van der Waals surface area (Å²) in [6.07, 6.45) is 3.31. The highest BCUT2D eigenvalue weighted by Crippen LogP contribution is 2.60. The molecule has 2 bridgehead atoms. The highest BCUT2D eigenvalue weighted by Gasteiger charge is 2.69. The number of hydrogen-bond acceptors (Lipinski definition) is 7. The van der Waals surface area contributed by atoms with Crippen molar-refractivity contribution in [2.75, 3.05) is 0 Å². The van der Waals surface area contributed by atoms with E-state index in [1.165, 1.54) is 0 Å². The van der Waals surface area contributed by atoms with Crippen LogP contribution in [0.4, 0.5) is 0 Å². The van der Waals surface area contributed by atoms with E-state index in [1.807, 2.05) is 27.7 Å². The maximum Gasteiger partial charge on any atom is 0.308 e. The number of amides is 1. The largest absolute Gasteiger partial charge is 0.435 e. The van der Waals surface area contributed by atoms with Gasteiger partial charge < -0.3 is 19.5 Å². The van der Waals surface area contributed by atoms with Gasteiger partial charge in [-0.15, -0.1) is 0 Å². The van der Waals surface area contributed by atoms with E-state index in [-0.39, 0.29) is 42.5 Å². The Morgan fingerprint density at radius 1 is 1.13 bits per heavy atom. The monoisotopic (exact) mass is 439 g/mol. The van der Waals surface area contributed by atoms with E-state index in [9.17, 15) is 9.59 Å². The van der Waals surface area contributed by atoms with Crippen molar-refractivity contribution in [3.8, 4) is 0 Å². The fourth-order valence-electron chi connectivity index (χ4n) is 5.86. The minimum absolute atomic E-state index is 0.0210. The van der Waals surface area contributed by atoms with Gasteiger partial charge in [-0.3, -0.25) is 9.59 Å². The lowest BCUT2D eigenvalue weighted by Gasteiger charge is -2.59. The fraction of sp³-hybridized carbons (Fsp3) is 0.913. The van der Waals surface area contributed by atoms with Gasteiger partial charge >= 0.3 is 5.97 Å². The molecule has 8 nitrogen and oxygen atoms in total. The summed E-state index contributed by atoms with van der Waals surface area (Å²) in [6.45, 7) is 10.1. The van der Waals surface area contributed by atoms with Crippen LogP contribution in [0.2, 0.25) is 0 Å². The van der Waals surface area contributed by atoms with Crippen molar-refractivity contribution in [1.29, 1.82) is 0 Å². The molecule has 4 aliphatic heterocycles. The molecule has 0 aromatic carbocycles. The second-order valence-electron chi connectivity index (χ2n) is 10.1. The van der Waals surface area contributed by atoms with E-state index < -0.39 is 29.9 Å². The zero-order valence-corrected chi connectivity index (χ0v) is 19.3. The van der Waals surface area contributed by atoms with Gasteiger partial charge in [0.2, 0.25) is 18.0 Å². The summed E-state index contributed by atoms with van der Waals surface area (Å²) < 4.78 is 18.2. The summed E-state index contributed by atoms with van der Waals surface area (Å²) in [5.41, 5.74) is -0.674. The molecular formula is C23H37NO7. The summed E-state index contributed by atoms with van der Waals surface area (Å²) >= 11 is 0. The average molecular weight is 440 g/mol. The highest BCUT2D eigenvalue weighted by atomic mass is 17.3. The standard InChI is InChI=1S/C23H37NO7/c1-6-14(3)24-18(25)9-10-19(26)27-20-15(4)17-8-7-13(2)16-11-12-22(5)29-21(28-20)23(16,17)31-30-22/h13-17,20-21H,6-12H2,1-5H3,(H,24,25)/t13-,14+,15+,16+,17-,20+,21+,22-,23+/m1/s1. The Hall–Kier alpha value is -1.22. The minimum atomic E-state index is -0.860. The fourth-order valence-corrected chi connectivity index (χ4v) is 5.86. The van der Waals surface area contributed by atoms with Gasteiger partial charge in [0.05, 0.1) is 6.42 Å². The molecule has 1 N–H and O–H groups in total. The summed E-state index contributed by atoms with van der Waals surface area (Å²) in [5, 5.41) is 2.87. The molecule has 5 fully saturated rings. The quantitative estimate of drug-likeness (QED) is 0.501. The second-order valence-corrected chi connectivity index (χ2v) is 10.1. The third-order valence-electron chi connectivity index (χ3n) is 7.92. The maximum absolute atomic E-state index is 12.5. The lowest BCUT2D eigenvalue weighted by molar-refractivity contribution is -0.576. The Morgan fingerprint density at radius 2 is 1.90 bits per heavy atom. The Morgan fingerprint density at radius 3 is 2.65 bits per heavy atom. The Labute approximate surface area is 184 Å². The van der Waals surface area contributed by atoms with Crippen LogP contribution in [-0.2, 0) is 33.6 Å². The van der Waals surface area contributed by atoms with Crippen LogP contribution in [0, 0.1) is 23.7 Å². The number of rotatable bonds is 6. The molecular weight excluding hydrogens is 402 g/mol. The molecule has 5 aliphatic rings. The summed E-state index contributed by atoms with van der Waals surface area (Å²) in [6, 6.07) is 0.0921. The van der Waals surface area contributed by atoms with Gasteiger partial charge in [-0.1, -0.05) is 20.8 Å². The molecule has 31 heavy (non-hydrogen) atoms. The van der Waals surface area contributed by atoms with Crippen LogP contribution in [-0.4, -0.2) is 41.9 Å². The van der Waals surface area contributed by atoms with Crippen molar-refractivity contribution in [2.45, 2.75) is 110 Å². The van der Waals surface area contributed by atoms with Gasteiger partial charge in [0.15, 0.2) is 11.9 Å². The van der Waals surface area contributed by atoms with Gasteiger partial charge in [-0.25, -0.2) is 9.78 Å². The Bertz CT molecular complexity index is 701. The predicted molar refractivity (Wildman–Crippen MR) is 110 cm³/mol.